The van der Waals surface area contributed by atoms with Gasteiger partial charge in [0.2, 0.25) is 5.88 Å². The summed E-state index contributed by atoms with van der Waals surface area (Å²) in [5.74, 6) is 0.854. The molecule has 3 rings (SSSR count). The fraction of sp³-hybridized carbons (Fsp3) is 0.231. The van der Waals surface area contributed by atoms with E-state index in [1.807, 2.05) is 12.1 Å². The van der Waals surface area contributed by atoms with Crippen LogP contribution in [0.4, 0.5) is 0 Å². The normalized spacial score (nSPS) is 14.8. The molecule has 2 aromatic rings. The van der Waals surface area contributed by atoms with Gasteiger partial charge in [0.15, 0.2) is 0 Å². The summed E-state index contributed by atoms with van der Waals surface area (Å²) in [7, 11) is 0. The SMILES string of the molecule is O=c1cc(O)nc(-c2ccc(C3CC3)cc2)[nH]1. The predicted molar refractivity (Wildman–Crippen MR) is 63.9 cm³/mol. The molecule has 1 aliphatic rings. The molecule has 0 bridgehead atoms. The predicted octanol–water partition coefficient (Wildman–Crippen LogP) is 2.02. The van der Waals surface area contributed by atoms with Gasteiger partial charge in [-0.1, -0.05) is 24.3 Å². The summed E-state index contributed by atoms with van der Waals surface area (Å²) in [5.41, 5.74) is 1.79. The Labute approximate surface area is 98.0 Å². The Bertz CT molecular complexity index is 598. The molecule has 0 spiro atoms. The topological polar surface area (TPSA) is 66.0 Å². The van der Waals surface area contributed by atoms with Crippen molar-refractivity contribution < 1.29 is 5.11 Å². The molecule has 4 nitrogen and oxygen atoms in total. The van der Waals surface area contributed by atoms with Gasteiger partial charge in [-0.2, -0.15) is 4.98 Å². The maximum absolute atomic E-state index is 11.2. The summed E-state index contributed by atoms with van der Waals surface area (Å²) in [4.78, 5) is 17.7. The van der Waals surface area contributed by atoms with Crippen molar-refractivity contribution in [2.75, 3.05) is 0 Å². The number of nitrogens with zero attached hydrogens (tertiary/aromatic N) is 1. The minimum atomic E-state index is -0.348. The number of hydrogen-bond acceptors (Lipinski definition) is 3. The Balaban J connectivity index is 1.99. The van der Waals surface area contributed by atoms with Crippen LogP contribution in [0.5, 0.6) is 5.88 Å². The van der Waals surface area contributed by atoms with Gasteiger partial charge in [-0.15, -0.1) is 0 Å². The third-order valence-electron chi connectivity index (χ3n) is 2.96. The van der Waals surface area contributed by atoms with Crippen LogP contribution in [0.2, 0.25) is 0 Å². The van der Waals surface area contributed by atoms with E-state index in [2.05, 4.69) is 22.1 Å². The molecule has 0 atom stereocenters. The second-order valence-corrected chi connectivity index (χ2v) is 4.35. The lowest BCUT2D eigenvalue weighted by Crippen LogP contribution is -2.06. The largest absolute Gasteiger partial charge is 0.493 e. The van der Waals surface area contributed by atoms with Crippen molar-refractivity contribution in [3.8, 4) is 17.3 Å². The first kappa shape index (κ1) is 10.1. The second-order valence-electron chi connectivity index (χ2n) is 4.35. The Morgan fingerprint density at radius 3 is 2.53 bits per heavy atom. The highest BCUT2D eigenvalue weighted by molar-refractivity contribution is 5.56. The van der Waals surface area contributed by atoms with Gasteiger partial charge in [0.1, 0.15) is 5.82 Å². The van der Waals surface area contributed by atoms with E-state index in [1.54, 1.807) is 0 Å². The zero-order chi connectivity index (χ0) is 11.8. The molecule has 2 N–H and O–H groups in total. The van der Waals surface area contributed by atoms with Gasteiger partial charge in [-0.3, -0.25) is 4.79 Å². The quantitative estimate of drug-likeness (QED) is 0.826. The van der Waals surface area contributed by atoms with Gasteiger partial charge in [0, 0.05) is 5.56 Å². The molecule has 1 aliphatic carbocycles. The maximum Gasteiger partial charge on any atom is 0.254 e. The highest BCUT2D eigenvalue weighted by Crippen LogP contribution is 2.40. The fourth-order valence-electron chi connectivity index (χ4n) is 1.91. The summed E-state index contributed by atoms with van der Waals surface area (Å²) in [6, 6.07) is 9.01. The molecule has 86 valence electrons. The third kappa shape index (κ3) is 2.06. The van der Waals surface area contributed by atoms with Crippen LogP contribution in [0.25, 0.3) is 11.4 Å². The monoisotopic (exact) mass is 228 g/mol. The molecule has 0 amide bonds. The Kier molecular flexibility index (Phi) is 2.21. The Morgan fingerprint density at radius 1 is 1.24 bits per heavy atom. The number of rotatable bonds is 2. The smallest absolute Gasteiger partial charge is 0.254 e. The number of nitrogens with one attached hydrogen (secondary N) is 1. The highest BCUT2D eigenvalue weighted by Gasteiger charge is 2.23. The standard InChI is InChI=1S/C13H12N2O2/c16-11-7-12(17)15-13(14-11)10-5-3-9(4-6-10)8-1-2-8/h3-8H,1-2H2,(H2,14,15,16,17). The van der Waals surface area contributed by atoms with Gasteiger partial charge in [-0.25, -0.2) is 0 Å². The number of aromatic nitrogens is 2. The summed E-state index contributed by atoms with van der Waals surface area (Å²) in [5, 5.41) is 9.28. The average Bonchev–Trinajstić information content (AvgIpc) is 3.12. The first-order valence-corrected chi connectivity index (χ1v) is 5.63. The van der Waals surface area contributed by atoms with Crippen LogP contribution in [0.15, 0.2) is 35.1 Å². The summed E-state index contributed by atoms with van der Waals surface area (Å²) < 4.78 is 0. The lowest BCUT2D eigenvalue weighted by atomic mass is 10.1. The van der Waals surface area contributed by atoms with Gasteiger partial charge in [0.25, 0.3) is 5.56 Å². The minimum Gasteiger partial charge on any atom is -0.493 e. The van der Waals surface area contributed by atoms with Gasteiger partial charge in [0.05, 0.1) is 6.07 Å². The zero-order valence-electron chi connectivity index (χ0n) is 9.18. The number of H-pyrrole nitrogens is 1. The highest BCUT2D eigenvalue weighted by atomic mass is 16.3. The first-order chi connectivity index (χ1) is 8.22. The number of hydrogen-bond donors (Lipinski definition) is 2. The molecule has 0 unspecified atom stereocenters. The molecule has 1 aromatic carbocycles. The van der Waals surface area contributed by atoms with E-state index in [1.165, 1.54) is 18.4 Å². The lowest BCUT2D eigenvalue weighted by molar-refractivity contribution is 0.452. The van der Waals surface area contributed by atoms with Crippen molar-refractivity contribution in [1.29, 1.82) is 0 Å². The van der Waals surface area contributed by atoms with E-state index in [0.717, 1.165) is 11.6 Å². The molecule has 1 heterocycles. The van der Waals surface area contributed by atoms with Crippen LogP contribution in [-0.2, 0) is 0 Å². The fourth-order valence-corrected chi connectivity index (χ4v) is 1.91. The van der Waals surface area contributed by atoms with Crippen LogP contribution in [0.3, 0.4) is 0 Å². The van der Waals surface area contributed by atoms with Crippen LogP contribution in [-0.4, -0.2) is 15.1 Å². The Hall–Kier alpha value is -2.10. The van der Waals surface area contributed by atoms with Gasteiger partial charge in [-0.05, 0) is 24.3 Å². The summed E-state index contributed by atoms with van der Waals surface area (Å²) in [6.07, 6.45) is 2.53. The van der Waals surface area contributed by atoms with E-state index in [4.69, 9.17) is 0 Å². The van der Waals surface area contributed by atoms with Crippen molar-refractivity contribution in [2.24, 2.45) is 0 Å². The molecule has 17 heavy (non-hydrogen) atoms. The maximum atomic E-state index is 11.2. The van der Waals surface area contributed by atoms with Crippen molar-refractivity contribution in [2.45, 2.75) is 18.8 Å². The average molecular weight is 228 g/mol. The van der Waals surface area contributed by atoms with Crippen molar-refractivity contribution in [3.63, 3.8) is 0 Å². The van der Waals surface area contributed by atoms with E-state index in [-0.39, 0.29) is 11.4 Å². The van der Waals surface area contributed by atoms with Crippen molar-refractivity contribution in [3.05, 3.63) is 46.2 Å². The van der Waals surface area contributed by atoms with Crippen molar-refractivity contribution >= 4 is 0 Å². The van der Waals surface area contributed by atoms with E-state index >= 15 is 0 Å². The third-order valence-corrected chi connectivity index (χ3v) is 2.96. The van der Waals surface area contributed by atoms with Crippen LogP contribution in [0.1, 0.15) is 24.3 Å². The zero-order valence-corrected chi connectivity index (χ0v) is 9.18. The minimum absolute atomic E-state index is 0.255. The van der Waals surface area contributed by atoms with Gasteiger partial charge >= 0.3 is 0 Å². The second kappa shape index (κ2) is 3.73. The van der Waals surface area contributed by atoms with E-state index in [9.17, 15) is 9.90 Å². The summed E-state index contributed by atoms with van der Waals surface area (Å²) in [6.45, 7) is 0. The number of benzene rings is 1. The van der Waals surface area contributed by atoms with Crippen LogP contribution >= 0.6 is 0 Å². The molecule has 1 aromatic heterocycles. The molecule has 0 radical (unpaired) electrons. The molecule has 1 fully saturated rings. The van der Waals surface area contributed by atoms with Crippen LogP contribution in [0, 0.1) is 0 Å². The Morgan fingerprint density at radius 2 is 1.94 bits per heavy atom. The van der Waals surface area contributed by atoms with Crippen molar-refractivity contribution in [1.82, 2.24) is 9.97 Å². The molecule has 1 saturated carbocycles. The lowest BCUT2D eigenvalue weighted by Gasteiger charge is -2.02. The van der Waals surface area contributed by atoms with E-state index < -0.39 is 0 Å². The first-order valence-electron chi connectivity index (χ1n) is 5.63. The molecule has 0 aliphatic heterocycles. The molecule has 0 saturated heterocycles. The summed E-state index contributed by atoms with van der Waals surface area (Å²) >= 11 is 0. The van der Waals surface area contributed by atoms with E-state index in [0.29, 0.717) is 11.7 Å². The molecule has 4 heteroatoms. The van der Waals surface area contributed by atoms with Gasteiger partial charge < -0.3 is 10.1 Å². The molecular weight excluding hydrogens is 216 g/mol. The number of aromatic amines is 1. The molecular formula is C13H12N2O2. The van der Waals surface area contributed by atoms with Crippen LogP contribution < -0.4 is 5.56 Å². The number of aromatic hydroxyl groups is 1.